The third-order valence-electron chi connectivity index (χ3n) is 3.50. The number of amides is 1. The molecule has 1 unspecified atom stereocenters. The van der Waals surface area contributed by atoms with Crippen molar-refractivity contribution in [2.75, 3.05) is 25.2 Å². The Morgan fingerprint density at radius 2 is 2.21 bits per heavy atom. The van der Waals surface area contributed by atoms with Crippen molar-refractivity contribution in [1.29, 1.82) is 0 Å². The average Bonchev–Trinajstić information content (AvgIpc) is 3.09. The summed E-state index contributed by atoms with van der Waals surface area (Å²) < 4.78 is 12.4. The van der Waals surface area contributed by atoms with Crippen LogP contribution in [0.5, 0.6) is 5.75 Å². The lowest BCUT2D eigenvalue weighted by Gasteiger charge is -2.17. The minimum Gasteiger partial charge on any atom is -0.481 e. The summed E-state index contributed by atoms with van der Waals surface area (Å²) in [7, 11) is 1.64. The van der Waals surface area contributed by atoms with Crippen LogP contribution in [0.2, 0.25) is 0 Å². The van der Waals surface area contributed by atoms with E-state index in [2.05, 4.69) is 11.0 Å². The van der Waals surface area contributed by atoms with E-state index in [0.29, 0.717) is 24.7 Å². The van der Waals surface area contributed by atoms with Gasteiger partial charge in [-0.2, -0.15) is 5.10 Å². The normalized spacial score (nSPS) is 11.5. The van der Waals surface area contributed by atoms with Gasteiger partial charge < -0.3 is 9.47 Å². The number of hydrogen-bond acceptors (Lipinski definition) is 4. The fraction of sp³-hybridized carbons (Fsp3) is 0.333. The van der Waals surface area contributed by atoms with Crippen LogP contribution in [0.3, 0.4) is 0 Å². The minimum absolute atomic E-state index is 0.0866. The largest absolute Gasteiger partial charge is 0.481 e. The summed E-state index contributed by atoms with van der Waals surface area (Å²) in [6.07, 6.45) is 7.82. The summed E-state index contributed by atoms with van der Waals surface area (Å²) in [6.45, 7) is 3.07. The van der Waals surface area contributed by atoms with Gasteiger partial charge in [-0.1, -0.05) is 24.1 Å². The number of terminal acetylenes is 1. The zero-order chi connectivity index (χ0) is 17.4. The van der Waals surface area contributed by atoms with Gasteiger partial charge in [0, 0.05) is 24.9 Å². The third kappa shape index (κ3) is 4.37. The molecular formula is C18H21N3O3. The number of benzene rings is 1. The monoisotopic (exact) mass is 327 g/mol. The topological polar surface area (TPSA) is 56.6 Å². The van der Waals surface area contributed by atoms with Crippen molar-refractivity contribution in [3.8, 4) is 18.1 Å². The minimum atomic E-state index is 0.0866. The van der Waals surface area contributed by atoms with E-state index in [1.54, 1.807) is 17.9 Å². The molecule has 0 fully saturated rings. The number of methoxy groups -OCH3 is 1. The maximum atomic E-state index is 11.5. The molecule has 2 aromatic rings. The third-order valence-corrected chi connectivity index (χ3v) is 3.50. The van der Waals surface area contributed by atoms with Gasteiger partial charge in [-0.15, -0.1) is 6.42 Å². The first-order chi connectivity index (χ1) is 11.7. The van der Waals surface area contributed by atoms with E-state index < -0.39 is 0 Å². The number of carbonyl (C=O) groups is 1. The summed E-state index contributed by atoms with van der Waals surface area (Å²) >= 11 is 0. The van der Waals surface area contributed by atoms with Gasteiger partial charge in [-0.25, -0.2) is 0 Å². The Morgan fingerprint density at radius 3 is 2.92 bits per heavy atom. The van der Waals surface area contributed by atoms with E-state index in [9.17, 15) is 4.79 Å². The predicted molar refractivity (Wildman–Crippen MR) is 91.8 cm³/mol. The van der Waals surface area contributed by atoms with Crippen LogP contribution in [0.15, 0.2) is 36.5 Å². The summed E-state index contributed by atoms with van der Waals surface area (Å²) in [5.41, 5.74) is 0.860. The second kappa shape index (κ2) is 8.75. The maximum absolute atomic E-state index is 11.5. The molecule has 1 amide bonds. The lowest BCUT2D eigenvalue weighted by atomic mass is 10.2. The number of anilines is 1. The van der Waals surface area contributed by atoms with Crippen molar-refractivity contribution in [2.45, 2.75) is 19.5 Å². The first-order valence-corrected chi connectivity index (χ1v) is 7.59. The fourth-order valence-corrected chi connectivity index (χ4v) is 2.29. The molecule has 0 radical (unpaired) electrons. The smallest absolute Gasteiger partial charge is 0.215 e. The molecule has 6 heteroatoms. The Morgan fingerprint density at radius 1 is 1.42 bits per heavy atom. The van der Waals surface area contributed by atoms with Gasteiger partial charge in [-0.05, 0) is 13.0 Å². The Hall–Kier alpha value is -2.78. The van der Waals surface area contributed by atoms with E-state index in [1.165, 1.54) is 4.90 Å². The van der Waals surface area contributed by atoms with E-state index in [-0.39, 0.29) is 12.6 Å². The van der Waals surface area contributed by atoms with Crippen molar-refractivity contribution in [3.63, 3.8) is 0 Å². The number of rotatable bonds is 9. The van der Waals surface area contributed by atoms with Crippen molar-refractivity contribution < 1.29 is 14.3 Å². The molecule has 126 valence electrons. The van der Waals surface area contributed by atoms with Crippen molar-refractivity contribution >= 4 is 12.2 Å². The van der Waals surface area contributed by atoms with Gasteiger partial charge in [0.2, 0.25) is 6.41 Å². The van der Waals surface area contributed by atoms with Crippen molar-refractivity contribution in [1.82, 2.24) is 9.78 Å². The number of nitrogens with zero attached hydrogens (tertiary/aromatic N) is 3. The molecule has 0 aliphatic heterocycles. The molecule has 0 N–H and O–H groups in total. The highest BCUT2D eigenvalue weighted by Crippen LogP contribution is 2.22. The molecule has 1 aromatic heterocycles. The van der Waals surface area contributed by atoms with E-state index in [0.717, 1.165) is 12.0 Å². The SMILES string of the molecule is C#CCOc1ccccc1CN(C=O)c1ccn(C(C)COC)n1. The number of carbonyl (C=O) groups excluding carboxylic acids is 1. The Bertz CT molecular complexity index is 706. The van der Waals surface area contributed by atoms with Crippen LogP contribution in [-0.2, 0) is 16.1 Å². The van der Waals surface area contributed by atoms with Crippen LogP contribution >= 0.6 is 0 Å². The number of ether oxygens (including phenoxy) is 2. The number of para-hydroxylation sites is 1. The van der Waals surface area contributed by atoms with Gasteiger partial charge in [0.05, 0.1) is 19.2 Å². The molecule has 0 aliphatic rings. The summed E-state index contributed by atoms with van der Waals surface area (Å²) in [5.74, 6) is 3.67. The molecule has 24 heavy (non-hydrogen) atoms. The lowest BCUT2D eigenvalue weighted by molar-refractivity contribution is -0.107. The summed E-state index contributed by atoms with van der Waals surface area (Å²) in [6, 6.07) is 9.36. The van der Waals surface area contributed by atoms with Crippen LogP contribution in [0, 0.1) is 12.3 Å². The standard InChI is InChI=1S/C18H21N3O3/c1-4-11-24-17-8-6-5-7-16(17)12-20(14-22)18-9-10-21(19-18)15(2)13-23-3/h1,5-10,14-15H,11-13H2,2-3H3. The van der Waals surface area contributed by atoms with Gasteiger partial charge in [0.1, 0.15) is 12.4 Å². The molecule has 6 nitrogen and oxygen atoms in total. The van der Waals surface area contributed by atoms with Crippen LogP contribution < -0.4 is 9.64 Å². The highest BCUT2D eigenvalue weighted by Gasteiger charge is 2.14. The molecule has 1 aromatic carbocycles. The molecule has 1 atom stereocenters. The molecule has 0 spiro atoms. The predicted octanol–water partition coefficient (Wildman–Crippen LogP) is 2.27. The van der Waals surface area contributed by atoms with E-state index >= 15 is 0 Å². The fourth-order valence-electron chi connectivity index (χ4n) is 2.29. The van der Waals surface area contributed by atoms with Crippen molar-refractivity contribution in [2.24, 2.45) is 0 Å². The molecule has 0 bridgehead atoms. The number of hydrogen-bond donors (Lipinski definition) is 0. The van der Waals surface area contributed by atoms with Crippen LogP contribution in [-0.4, -0.2) is 36.5 Å². The first-order valence-electron chi connectivity index (χ1n) is 7.59. The van der Waals surface area contributed by atoms with Crippen molar-refractivity contribution in [3.05, 3.63) is 42.1 Å². The van der Waals surface area contributed by atoms with Gasteiger partial charge >= 0.3 is 0 Å². The molecule has 1 heterocycles. The molecule has 0 saturated heterocycles. The molecule has 0 aliphatic carbocycles. The summed E-state index contributed by atoms with van der Waals surface area (Å²) in [4.78, 5) is 13.0. The highest BCUT2D eigenvalue weighted by molar-refractivity contribution is 5.72. The maximum Gasteiger partial charge on any atom is 0.215 e. The van der Waals surface area contributed by atoms with Crippen LogP contribution in [0.4, 0.5) is 5.82 Å². The Balaban J connectivity index is 2.16. The Labute approximate surface area is 142 Å². The van der Waals surface area contributed by atoms with Crippen LogP contribution in [0.25, 0.3) is 0 Å². The van der Waals surface area contributed by atoms with E-state index in [4.69, 9.17) is 15.9 Å². The zero-order valence-corrected chi connectivity index (χ0v) is 13.9. The van der Waals surface area contributed by atoms with Gasteiger partial charge in [-0.3, -0.25) is 14.4 Å². The van der Waals surface area contributed by atoms with Crippen LogP contribution in [0.1, 0.15) is 18.5 Å². The molecular weight excluding hydrogens is 306 g/mol. The lowest BCUT2D eigenvalue weighted by Crippen LogP contribution is -2.22. The van der Waals surface area contributed by atoms with Gasteiger partial charge in [0.15, 0.2) is 5.82 Å². The highest BCUT2D eigenvalue weighted by atomic mass is 16.5. The number of aromatic nitrogens is 2. The Kier molecular flexibility index (Phi) is 6.41. The molecule has 2 rings (SSSR count). The average molecular weight is 327 g/mol. The quantitative estimate of drug-likeness (QED) is 0.524. The second-order valence-electron chi connectivity index (χ2n) is 5.29. The summed E-state index contributed by atoms with van der Waals surface area (Å²) in [5, 5.41) is 4.45. The second-order valence-corrected chi connectivity index (χ2v) is 5.29. The first kappa shape index (κ1) is 17.6. The van der Waals surface area contributed by atoms with Gasteiger partial charge in [0.25, 0.3) is 0 Å². The van der Waals surface area contributed by atoms with E-state index in [1.807, 2.05) is 37.4 Å². The molecule has 0 saturated carbocycles. The zero-order valence-electron chi connectivity index (χ0n) is 13.9.